The Bertz CT molecular complexity index is 834. The molecule has 1 saturated heterocycles. The molecule has 0 N–H and O–H groups in total. The average Bonchev–Trinajstić information content (AvgIpc) is 3.01. The maximum atomic E-state index is 13.1. The van der Waals surface area contributed by atoms with Crippen molar-refractivity contribution < 1.29 is 18.0 Å². The van der Waals surface area contributed by atoms with E-state index in [-0.39, 0.29) is 11.8 Å². The SMILES string of the molecule is CS(=O)(=O)C1(C(=O)N2CCCN(C(=O)c3ccccc3Cl)CC2)CCCC1. The number of hydrogen-bond acceptors (Lipinski definition) is 4. The van der Waals surface area contributed by atoms with Crippen molar-refractivity contribution in [3.05, 3.63) is 34.9 Å². The van der Waals surface area contributed by atoms with Crippen LogP contribution in [-0.4, -0.2) is 67.2 Å². The maximum Gasteiger partial charge on any atom is 0.255 e. The first-order chi connectivity index (χ1) is 12.8. The zero-order valence-electron chi connectivity index (χ0n) is 15.5. The summed E-state index contributed by atoms with van der Waals surface area (Å²) >= 11 is 6.13. The largest absolute Gasteiger partial charge is 0.339 e. The molecule has 1 aliphatic carbocycles. The molecule has 0 atom stereocenters. The summed E-state index contributed by atoms with van der Waals surface area (Å²) in [5, 5.41) is 0.404. The van der Waals surface area contributed by atoms with Crippen LogP contribution in [0.4, 0.5) is 0 Å². The fourth-order valence-electron chi connectivity index (χ4n) is 4.11. The molecule has 0 spiro atoms. The number of amides is 2. The number of nitrogens with zero attached hydrogens (tertiary/aromatic N) is 2. The molecule has 148 valence electrons. The molecule has 1 aromatic carbocycles. The third-order valence-electron chi connectivity index (χ3n) is 5.69. The monoisotopic (exact) mass is 412 g/mol. The second-order valence-corrected chi connectivity index (χ2v) is 10.1. The first-order valence-corrected chi connectivity index (χ1v) is 11.6. The summed E-state index contributed by atoms with van der Waals surface area (Å²) in [5.41, 5.74) is 0.447. The summed E-state index contributed by atoms with van der Waals surface area (Å²) in [4.78, 5) is 29.2. The Balaban J connectivity index is 1.74. The van der Waals surface area contributed by atoms with Crippen molar-refractivity contribution in [3.63, 3.8) is 0 Å². The molecule has 0 bridgehead atoms. The number of carbonyl (C=O) groups is 2. The van der Waals surface area contributed by atoms with Crippen molar-refractivity contribution in [2.45, 2.75) is 36.9 Å². The summed E-state index contributed by atoms with van der Waals surface area (Å²) < 4.78 is 23.5. The molecular weight excluding hydrogens is 388 g/mol. The van der Waals surface area contributed by atoms with Gasteiger partial charge in [0.05, 0.1) is 10.6 Å². The van der Waals surface area contributed by atoms with Crippen LogP contribution in [0.3, 0.4) is 0 Å². The zero-order valence-corrected chi connectivity index (χ0v) is 17.1. The molecule has 0 aromatic heterocycles. The number of rotatable bonds is 3. The Hall–Kier alpha value is -1.60. The van der Waals surface area contributed by atoms with E-state index in [1.807, 2.05) is 0 Å². The summed E-state index contributed by atoms with van der Waals surface area (Å²) in [6.07, 6.45) is 4.07. The highest BCUT2D eigenvalue weighted by atomic mass is 35.5. The summed E-state index contributed by atoms with van der Waals surface area (Å²) in [5.74, 6) is -0.455. The fourth-order valence-corrected chi connectivity index (χ4v) is 5.80. The van der Waals surface area contributed by atoms with Gasteiger partial charge < -0.3 is 9.80 Å². The Morgan fingerprint density at radius 2 is 1.56 bits per heavy atom. The van der Waals surface area contributed by atoms with Gasteiger partial charge in [0.1, 0.15) is 0 Å². The van der Waals surface area contributed by atoms with Crippen molar-refractivity contribution in [1.82, 2.24) is 9.80 Å². The molecule has 27 heavy (non-hydrogen) atoms. The van der Waals surface area contributed by atoms with Crippen molar-refractivity contribution in [3.8, 4) is 0 Å². The highest BCUT2D eigenvalue weighted by Gasteiger charge is 2.51. The van der Waals surface area contributed by atoms with Crippen LogP contribution >= 0.6 is 11.6 Å². The minimum atomic E-state index is -3.49. The Morgan fingerprint density at radius 3 is 2.19 bits per heavy atom. The van der Waals surface area contributed by atoms with Crippen molar-refractivity contribution in [2.24, 2.45) is 0 Å². The molecule has 6 nitrogen and oxygen atoms in total. The lowest BCUT2D eigenvalue weighted by Crippen LogP contribution is -2.52. The Kier molecular flexibility index (Phi) is 5.82. The van der Waals surface area contributed by atoms with Crippen molar-refractivity contribution >= 4 is 33.3 Å². The van der Waals surface area contributed by atoms with Crippen LogP contribution in [-0.2, 0) is 14.6 Å². The lowest BCUT2D eigenvalue weighted by atomic mass is 10.1. The van der Waals surface area contributed by atoms with E-state index in [1.165, 1.54) is 6.26 Å². The van der Waals surface area contributed by atoms with Crippen LogP contribution in [0.1, 0.15) is 42.5 Å². The summed E-state index contributed by atoms with van der Waals surface area (Å²) in [7, 11) is -3.49. The zero-order chi connectivity index (χ0) is 19.7. The molecule has 1 saturated carbocycles. The van der Waals surface area contributed by atoms with Crippen LogP contribution in [0.15, 0.2) is 24.3 Å². The van der Waals surface area contributed by atoms with Gasteiger partial charge in [0.2, 0.25) is 5.91 Å². The normalized spacial score (nSPS) is 20.4. The van der Waals surface area contributed by atoms with Gasteiger partial charge in [-0.1, -0.05) is 36.6 Å². The molecule has 0 radical (unpaired) electrons. The predicted molar refractivity (Wildman–Crippen MR) is 105 cm³/mol. The van der Waals surface area contributed by atoms with Gasteiger partial charge in [0, 0.05) is 32.4 Å². The molecule has 2 fully saturated rings. The first kappa shape index (κ1) is 20.1. The smallest absolute Gasteiger partial charge is 0.255 e. The van der Waals surface area contributed by atoms with Gasteiger partial charge in [0.25, 0.3) is 5.91 Å². The van der Waals surface area contributed by atoms with E-state index in [9.17, 15) is 18.0 Å². The maximum absolute atomic E-state index is 13.1. The standard InChI is InChI=1S/C19H25ClN2O4S/c1-27(25,26)19(9-4-5-10-19)18(24)22-12-6-11-21(13-14-22)17(23)15-7-2-3-8-16(15)20/h2-3,7-8H,4-6,9-14H2,1H3. The van der Waals surface area contributed by atoms with E-state index in [4.69, 9.17) is 11.6 Å². The van der Waals surface area contributed by atoms with Crippen molar-refractivity contribution in [2.75, 3.05) is 32.4 Å². The number of sulfone groups is 1. The Labute approximate surface area is 165 Å². The lowest BCUT2D eigenvalue weighted by molar-refractivity contribution is -0.133. The minimum absolute atomic E-state index is 0.159. The van der Waals surface area contributed by atoms with E-state index in [2.05, 4.69) is 0 Å². The molecular formula is C19H25ClN2O4S. The first-order valence-electron chi connectivity index (χ1n) is 9.29. The van der Waals surface area contributed by atoms with Gasteiger partial charge >= 0.3 is 0 Å². The number of hydrogen-bond donors (Lipinski definition) is 0. The second kappa shape index (κ2) is 7.80. The minimum Gasteiger partial charge on any atom is -0.339 e. The van der Waals surface area contributed by atoms with Gasteiger partial charge in [0.15, 0.2) is 14.6 Å². The number of halogens is 1. The van der Waals surface area contributed by atoms with E-state index < -0.39 is 14.6 Å². The molecule has 1 aromatic rings. The molecule has 1 aliphatic heterocycles. The molecule has 8 heteroatoms. The van der Waals surface area contributed by atoms with Crippen LogP contribution < -0.4 is 0 Å². The molecule has 1 heterocycles. The summed E-state index contributed by atoms with van der Waals surface area (Å²) in [6, 6.07) is 6.91. The van der Waals surface area contributed by atoms with E-state index in [0.29, 0.717) is 56.0 Å². The van der Waals surface area contributed by atoms with Crippen LogP contribution in [0.5, 0.6) is 0 Å². The van der Waals surface area contributed by atoms with Gasteiger partial charge in [-0.25, -0.2) is 8.42 Å². The van der Waals surface area contributed by atoms with E-state index >= 15 is 0 Å². The highest BCUT2D eigenvalue weighted by molar-refractivity contribution is 7.92. The molecule has 3 rings (SSSR count). The fraction of sp³-hybridized carbons (Fsp3) is 0.579. The van der Waals surface area contributed by atoms with Gasteiger partial charge in [-0.05, 0) is 31.4 Å². The van der Waals surface area contributed by atoms with E-state index in [0.717, 1.165) is 12.8 Å². The quantitative estimate of drug-likeness (QED) is 0.763. The number of benzene rings is 1. The van der Waals surface area contributed by atoms with Gasteiger partial charge in [-0.2, -0.15) is 0 Å². The third kappa shape index (κ3) is 3.85. The molecule has 2 aliphatic rings. The van der Waals surface area contributed by atoms with Crippen LogP contribution in [0.2, 0.25) is 5.02 Å². The van der Waals surface area contributed by atoms with E-state index in [1.54, 1.807) is 34.1 Å². The summed E-state index contributed by atoms with van der Waals surface area (Å²) in [6.45, 7) is 1.68. The molecule has 0 unspecified atom stereocenters. The predicted octanol–water partition coefficient (Wildman–Crippen LogP) is 2.37. The van der Waals surface area contributed by atoms with Crippen LogP contribution in [0, 0.1) is 0 Å². The molecule has 2 amide bonds. The van der Waals surface area contributed by atoms with Crippen LogP contribution in [0.25, 0.3) is 0 Å². The van der Waals surface area contributed by atoms with Crippen molar-refractivity contribution in [1.29, 1.82) is 0 Å². The lowest BCUT2D eigenvalue weighted by Gasteiger charge is -2.32. The number of carbonyl (C=O) groups excluding carboxylic acids is 2. The second-order valence-electron chi connectivity index (χ2n) is 7.39. The van der Waals surface area contributed by atoms with Gasteiger partial charge in [-0.3, -0.25) is 9.59 Å². The Morgan fingerprint density at radius 1 is 0.963 bits per heavy atom. The third-order valence-corrected chi connectivity index (χ3v) is 8.02. The topological polar surface area (TPSA) is 74.8 Å². The highest BCUT2D eigenvalue weighted by Crippen LogP contribution is 2.38. The average molecular weight is 413 g/mol. The van der Waals surface area contributed by atoms with Gasteiger partial charge in [-0.15, -0.1) is 0 Å².